The van der Waals surface area contributed by atoms with Crippen molar-refractivity contribution in [3.63, 3.8) is 0 Å². The Hall–Kier alpha value is -2.17. The Kier molecular flexibility index (Phi) is 3.41. The molecule has 2 rings (SSSR count). The Balaban J connectivity index is 2.03. The predicted molar refractivity (Wildman–Crippen MR) is 66.7 cm³/mol. The molecule has 1 N–H and O–H groups in total. The van der Waals surface area contributed by atoms with E-state index in [0.717, 1.165) is 11.4 Å². The molecule has 2 aromatic rings. The summed E-state index contributed by atoms with van der Waals surface area (Å²) in [6.45, 7) is 3.96. The van der Waals surface area contributed by atoms with E-state index in [1.807, 2.05) is 13.8 Å². The quantitative estimate of drug-likeness (QED) is 0.904. The van der Waals surface area contributed by atoms with Gasteiger partial charge in [-0.25, -0.2) is 9.37 Å². The van der Waals surface area contributed by atoms with Crippen molar-refractivity contribution in [3.05, 3.63) is 47.8 Å². The van der Waals surface area contributed by atoms with Gasteiger partial charge in [-0.3, -0.25) is 4.79 Å². The number of hydrogen-bond acceptors (Lipinski definition) is 2. The number of rotatable bonds is 3. The summed E-state index contributed by atoms with van der Waals surface area (Å²) < 4.78 is 14.7. The minimum atomic E-state index is -0.373. The molecule has 0 atom stereocenters. The van der Waals surface area contributed by atoms with Gasteiger partial charge in [-0.2, -0.15) is 0 Å². The highest BCUT2D eigenvalue weighted by molar-refractivity contribution is 5.90. The van der Waals surface area contributed by atoms with E-state index >= 15 is 0 Å². The van der Waals surface area contributed by atoms with Crippen LogP contribution in [-0.4, -0.2) is 15.5 Å². The van der Waals surface area contributed by atoms with E-state index in [4.69, 9.17) is 0 Å². The highest BCUT2D eigenvalue weighted by atomic mass is 19.1. The number of aryl methyl sites for hydroxylation is 1. The lowest BCUT2D eigenvalue weighted by molar-refractivity contribution is -0.116. The fourth-order valence-corrected chi connectivity index (χ4v) is 1.63. The van der Waals surface area contributed by atoms with Gasteiger partial charge in [0.2, 0.25) is 5.91 Å². The first kappa shape index (κ1) is 12.3. The van der Waals surface area contributed by atoms with Gasteiger partial charge in [0.1, 0.15) is 12.4 Å². The minimum Gasteiger partial charge on any atom is -0.325 e. The molecule has 0 aliphatic carbocycles. The molecule has 0 saturated carbocycles. The van der Waals surface area contributed by atoms with E-state index in [2.05, 4.69) is 10.3 Å². The first-order valence-corrected chi connectivity index (χ1v) is 5.60. The average molecular weight is 247 g/mol. The SMILES string of the molecule is Cc1ncn(CC(=O)Nc2cccc(F)c2)c1C. The van der Waals surface area contributed by atoms with Crippen molar-refractivity contribution >= 4 is 11.6 Å². The summed E-state index contributed by atoms with van der Waals surface area (Å²) in [5.74, 6) is -0.580. The molecule has 0 fully saturated rings. The Bertz CT molecular complexity index is 577. The molecule has 0 aliphatic rings. The van der Waals surface area contributed by atoms with Gasteiger partial charge >= 0.3 is 0 Å². The standard InChI is InChI=1S/C13H14FN3O/c1-9-10(2)17(8-15-9)7-13(18)16-12-5-3-4-11(14)6-12/h3-6,8H,7H2,1-2H3,(H,16,18). The topological polar surface area (TPSA) is 46.9 Å². The van der Waals surface area contributed by atoms with Crippen molar-refractivity contribution in [1.29, 1.82) is 0 Å². The van der Waals surface area contributed by atoms with Crippen molar-refractivity contribution in [2.24, 2.45) is 0 Å². The van der Waals surface area contributed by atoms with Crippen LogP contribution in [0.1, 0.15) is 11.4 Å². The van der Waals surface area contributed by atoms with Crippen LogP contribution in [0.2, 0.25) is 0 Å². The van der Waals surface area contributed by atoms with Crippen molar-refractivity contribution in [1.82, 2.24) is 9.55 Å². The minimum absolute atomic E-state index is 0.170. The lowest BCUT2D eigenvalue weighted by atomic mass is 10.3. The van der Waals surface area contributed by atoms with Crippen LogP contribution >= 0.6 is 0 Å². The Labute approximate surface area is 104 Å². The molecule has 1 amide bonds. The second-order valence-electron chi connectivity index (χ2n) is 4.10. The highest BCUT2D eigenvalue weighted by Gasteiger charge is 2.07. The number of anilines is 1. The molecule has 4 nitrogen and oxygen atoms in total. The molecule has 94 valence electrons. The van der Waals surface area contributed by atoms with E-state index in [9.17, 15) is 9.18 Å². The van der Waals surface area contributed by atoms with Gasteiger partial charge in [0, 0.05) is 11.4 Å². The first-order chi connectivity index (χ1) is 8.56. The molecule has 1 aromatic heterocycles. The van der Waals surface area contributed by atoms with Crippen molar-refractivity contribution in [2.45, 2.75) is 20.4 Å². The van der Waals surface area contributed by atoms with Gasteiger partial charge in [-0.1, -0.05) is 6.07 Å². The Morgan fingerprint density at radius 3 is 2.83 bits per heavy atom. The molecule has 0 saturated heterocycles. The number of nitrogens with one attached hydrogen (secondary N) is 1. The maximum absolute atomic E-state index is 12.9. The molecule has 1 aromatic carbocycles. The summed E-state index contributed by atoms with van der Waals surface area (Å²) in [7, 11) is 0. The number of aromatic nitrogens is 2. The number of benzene rings is 1. The summed E-state index contributed by atoms with van der Waals surface area (Å²) in [5, 5.41) is 2.64. The number of amides is 1. The average Bonchev–Trinajstić information content (AvgIpc) is 2.61. The van der Waals surface area contributed by atoms with Gasteiger partial charge in [-0.15, -0.1) is 0 Å². The van der Waals surface area contributed by atoms with Crippen LogP contribution in [0, 0.1) is 19.7 Å². The monoisotopic (exact) mass is 247 g/mol. The molecular formula is C13H14FN3O. The lowest BCUT2D eigenvalue weighted by Crippen LogP contribution is -2.19. The normalized spacial score (nSPS) is 10.4. The van der Waals surface area contributed by atoms with Gasteiger partial charge in [0.25, 0.3) is 0 Å². The summed E-state index contributed by atoms with van der Waals surface area (Å²) in [5.41, 5.74) is 2.30. The van der Waals surface area contributed by atoms with Crippen LogP contribution < -0.4 is 5.32 Å². The van der Waals surface area contributed by atoms with Gasteiger partial charge in [-0.05, 0) is 32.0 Å². The summed E-state index contributed by atoms with van der Waals surface area (Å²) in [6.07, 6.45) is 1.62. The third-order valence-corrected chi connectivity index (χ3v) is 2.77. The molecule has 18 heavy (non-hydrogen) atoms. The Morgan fingerprint density at radius 1 is 1.44 bits per heavy atom. The van der Waals surface area contributed by atoms with Gasteiger partial charge in [0.15, 0.2) is 0 Å². The zero-order chi connectivity index (χ0) is 13.1. The van der Waals surface area contributed by atoms with Crippen LogP contribution in [0.5, 0.6) is 0 Å². The fraction of sp³-hybridized carbons (Fsp3) is 0.231. The number of hydrogen-bond donors (Lipinski definition) is 1. The maximum Gasteiger partial charge on any atom is 0.244 e. The smallest absolute Gasteiger partial charge is 0.244 e. The zero-order valence-electron chi connectivity index (χ0n) is 10.3. The number of imidazole rings is 1. The third-order valence-electron chi connectivity index (χ3n) is 2.77. The van der Waals surface area contributed by atoms with Gasteiger partial charge < -0.3 is 9.88 Å². The van der Waals surface area contributed by atoms with Crippen LogP contribution in [0.4, 0.5) is 10.1 Å². The molecule has 0 aliphatic heterocycles. The second kappa shape index (κ2) is 5.00. The van der Waals surface area contributed by atoms with Crippen LogP contribution in [0.3, 0.4) is 0 Å². The van der Waals surface area contributed by atoms with Crippen molar-refractivity contribution in [3.8, 4) is 0 Å². The van der Waals surface area contributed by atoms with E-state index in [0.29, 0.717) is 5.69 Å². The zero-order valence-corrected chi connectivity index (χ0v) is 10.3. The number of carbonyl (C=O) groups excluding carboxylic acids is 1. The first-order valence-electron chi connectivity index (χ1n) is 5.60. The number of carbonyl (C=O) groups is 1. The van der Waals surface area contributed by atoms with E-state index in [1.165, 1.54) is 12.1 Å². The lowest BCUT2D eigenvalue weighted by Gasteiger charge is -2.07. The third kappa shape index (κ3) is 2.74. The molecule has 0 spiro atoms. The summed E-state index contributed by atoms with van der Waals surface area (Å²) in [6, 6.07) is 5.81. The Morgan fingerprint density at radius 2 is 2.22 bits per heavy atom. The maximum atomic E-state index is 12.9. The highest BCUT2D eigenvalue weighted by Crippen LogP contribution is 2.10. The number of nitrogens with zero attached hydrogens (tertiary/aromatic N) is 2. The number of halogens is 1. The van der Waals surface area contributed by atoms with Crippen LogP contribution in [-0.2, 0) is 11.3 Å². The molecule has 1 heterocycles. The van der Waals surface area contributed by atoms with Gasteiger partial charge in [0.05, 0.1) is 12.0 Å². The molecule has 5 heteroatoms. The predicted octanol–water partition coefficient (Wildman–Crippen LogP) is 2.28. The molecular weight excluding hydrogens is 233 g/mol. The fourth-order valence-electron chi connectivity index (χ4n) is 1.63. The van der Waals surface area contributed by atoms with E-state index in [1.54, 1.807) is 23.0 Å². The molecule has 0 unspecified atom stereocenters. The van der Waals surface area contributed by atoms with Crippen molar-refractivity contribution < 1.29 is 9.18 Å². The van der Waals surface area contributed by atoms with Crippen LogP contribution in [0.25, 0.3) is 0 Å². The van der Waals surface area contributed by atoms with E-state index < -0.39 is 0 Å². The second-order valence-corrected chi connectivity index (χ2v) is 4.10. The molecule has 0 bridgehead atoms. The molecule has 0 radical (unpaired) electrons. The van der Waals surface area contributed by atoms with E-state index in [-0.39, 0.29) is 18.3 Å². The summed E-state index contributed by atoms with van der Waals surface area (Å²) in [4.78, 5) is 15.9. The van der Waals surface area contributed by atoms with Crippen molar-refractivity contribution in [2.75, 3.05) is 5.32 Å². The van der Waals surface area contributed by atoms with Crippen LogP contribution in [0.15, 0.2) is 30.6 Å². The summed E-state index contributed by atoms with van der Waals surface area (Å²) >= 11 is 0. The largest absolute Gasteiger partial charge is 0.325 e.